The molecule has 1 aromatic carbocycles. The smallest absolute Gasteiger partial charge is 0.294 e. The summed E-state index contributed by atoms with van der Waals surface area (Å²) >= 11 is 3.34. The molecule has 4 rings (SSSR count). The van der Waals surface area contributed by atoms with Gasteiger partial charge in [-0.1, -0.05) is 26.0 Å². The van der Waals surface area contributed by atoms with E-state index in [-0.39, 0.29) is 16.9 Å². The normalized spacial score (nSPS) is 14.7. The topological polar surface area (TPSA) is 102 Å². The first-order chi connectivity index (χ1) is 15.1. The minimum atomic E-state index is -4.27. The van der Waals surface area contributed by atoms with Crippen molar-refractivity contribution in [1.82, 2.24) is 0 Å². The van der Waals surface area contributed by atoms with Crippen LogP contribution < -0.4 is 4.90 Å². The molecule has 0 saturated heterocycles. The number of hydrogen-bond acceptors (Lipinski definition) is 7. The molecule has 6 nitrogen and oxygen atoms in total. The van der Waals surface area contributed by atoms with Crippen LogP contribution in [0.5, 0.6) is 0 Å². The summed E-state index contributed by atoms with van der Waals surface area (Å²) in [6.45, 7) is 5.07. The van der Waals surface area contributed by atoms with Gasteiger partial charge in [0.05, 0.1) is 33.0 Å². The van der Waals surface area contributed by atoms with Gasteiger partial charge in [-0.05, 0) is 47.0 Å². The van der Waals surface area contributed by atoms with E-state index in [1.807, 2.05) is 13.1 Å². The fourth-order valence-electron chi connectivity index (χ4n) is 3.85. The maximum absolute atomic E-state index is 11.3. The van der Waals surface area contributed by atoms with Gasteiger partial charge in [0.2, 0.25) is 0 Å². The van der Waals surface area contributed by atoms with E-state index >= 15 is 0 Å². The number of nitriles is 1. The van der Waals surface area contributed by atoms with Gasteiger partial charge in [0.15, 0.2) is 0 Å². The number of anilines is 1. The number of fused-ring (bicyclic) bond motifs is 3. The fraction of sp³-hybridized carbons (Fsp3) is 0.261. The predicted molar refractivity (Wildman–Crippen MR) is 130 cm³/mol. The summed E-state index contributed by atoms with van der Waals surface area (Å²) in [4.78, 5) is 5.22. The zero-order valence-corrected chi connectivity index (χ0v) is 20.2. The molecular weight excluding hydrogens is 464 g/mol. The van der Waals surface area contributed by atoms with E-state index < -0.39 is 10.1 Å². The van der Waals surface area contributed by atoms with Crippen molar-refractivity contribution in [3.63, 3.8) is 0 Å². The Bertz CT molecular complexity index is 1360. The minimum Gasteiger partial charge on any atom is -0.395 e. The second-order valence-corrected chi connectivity index (χ2v) is 11.7. The van der Waals surface area contributed by atoms with Crippen molar-refractivity contribution in [2.45, 2.75) is 24.2 Å². The van der Waals surface area contributed by atoms with Gasteiger partial charge in [-0.3, -0.25) is 4.55 Å². The minimum absolute atomic E-state index is 0.101. The van der Waals surface area contributed by atoms with E-state index in [9.17, 15) is 18.8 Å². The molecule has 0 saturated carbocycles. The molecule has 2 N–H and O–H groups in total. The number of rotatable bonds is 6. The summed E-state index contributed by atoms with van der Waals surface area (Å²) in [5.74, 6) is 0. The maximum Gasteiger partial charge on any atom is 0.294 e. The number of aliphatic hydroxyl groups is 1. The summed E-state index contributed by atoms with van der Waals surface area (Å²) in [5, 5.41) is 20.1. The highest BCUT2D eigenvalue weighted by molar-refractivity contribution is 7.85. The largest absolute Gasteiger partial charge is 0.395 e. The van der Waals surface area contributed by atoms with Crippen molar-refractivity contribution >= 4 is 49.4 Å². The highest BCUT2D eigenvalue weighted by Crippen LogP contribution is 2.57. The average Bonchev–Trinajstić information content (AvgIpc) is 3.40. The van der Waals surface area contributed by atoms with Gasteiger partial charge in [-0.15, -0.1) is 22.7 Å². The molecule has 0 spiro atoms. The standard InChI is InChI=1S/C23H22N2O4S3/c1-23(2)18-11-16(10-15(13-24)14-4-6-17(7-5-14)32(27,28)29)30-21(18)22-19(23)12-20(31-22)25(3)8-9-26/h4-7,10-12,26H,8-9H2,1-3H3,(H,27,28,29)/b15-10+. The van der Waals surface area contributed by atoms with E-state index in [2.05, 4.69) is 36.9 Å². The van der Waals surface area contributed by atoms with Crippen molar-refractivity contribution in [3.05, 3.63) is 58.0 Å². The Labute approximate surface area is 195 Å². The van der Waals surface area contributed by atoms with Crippen LogP contribution in [0.3, 0.4) is 0 Å². The molecule has 3 aromatic rings. The molecule has 2 aromatic heterocycles. The van der Waals surface area contributed by atoms with Crippen LogP contribution in [0.2, 0.25) is 0 Å². The lowest BCUT2D eigenvalue weighted by Crippen LogP contribution is -2.20. The van der Waals surface area contributed by atoms with E-state index in [4.69, 9.17) is 4.55 Å². The third-order valence-corrected chi connectivity index (χ3v) is 9.07. The van der Waals surface area contributed by atoms with Crippen LogP contribution in [0.25, 0.3) is 21.4 Å². The fourth-order valence-corrected chi connectivity index (χ4v) is 7.05. The molecule has 0 atom stereocenters. The van der Waals surface area contributed by atoms with Crippen LogP contribution in [-0.4, -0.2) is 38.3 Å². The lowest BCUT2D eigenvalue weighted by molar-refractivity contribution is 0.304. The molecule has 2 heterocycles. The number of thiophene rings is 2. The first-order valence-electron chi connectivity index (χ1n) is 9.87. The van der Waals surface area contributed by atoms with Crippen LogP contribution >= 0.6 is 22.7 Å². The average molecular weight is 487 g/mol. The molecule has 166 valence electrons. The van der Waals surface area contributed by atoms with Gasteiger partial charge in [-0.25, -0.2) is 0 Å². The quantitative estimate of drug-likeness (QED) is 0.381. The molecule has 0 radical (unpaired) electrons. The van der Waals surface area contributed by atoms with E-state index in [0.29, 0.717) is 17.7 Å². The molecule has 0 aliphatic heterocycles. The second kappa shape index (κ2) is 8.14. The number of hydrogen-bond donors (Lipinski definition) is 2. The lowest BCUT2D eigenvalue weighted by atomic mass is 9.84. The summed E-state index contributed by atoms with van der Waals surface area (Å²) in [7, 11) is -2.30. The van der Waals surface area contributed by atoms with Crippen molar-refractivity contribution < 1.29 is 18.1 Å². The highest BCUT2D eigenvalue weighted by Gasteiger charge is 2.39. The highest BCUT2D eigenvalue weighted by atomic mass is 32.2. The number of aliphatic hydroxyl groups excluding tert-OH is 1. The number of likely N-dealkylation sites (N-methyl/N-ethyl adjacent to an activating group) is 1. The van der Waals surface area contributed by atoms with E-state index in [1.54, 1.807) is 22.7 Å². The van der Waals surface area contributed by atoms with Gasteiger partial charge in [-0.2, -0.15) is 13.7 Å². The van der Waals surface area contributed by atoms with Gasteiger partial charge in [0.1, 0.15) is 0 Å². The maximum atomic E-state index is 11.3. The molecule has 32 heavy (non-hydrogen) atoms. The Balaban J connectivity index is 1.71. The van der Waals surface area contributed by atoms with Crippen LogP contribution in [0.4, 0.5) is 5.00 Å². The molecule has 9 heteroatoms. The second-order valence-electron chi connectivity index (χ2n) is 8.16. The zero-order valence-electron chi connectivity index (χ0n) is 17.8. The van der Waals surface area contributed by atoms with Crippen LogP contribution in [-0.2, 0) is 15.5 Å². The summed E-state index contributed by atoms with van der Waals surface area (Å²) in [5.41, 5.74) is 3.34. The summed E-state index contributed by atoms with van der Waals surface area (Å²) in [6.07, 6.45) is 1.81. The first-order valence-corrected chi connectivity index (χ1v) is 12.9. The van der Waals surface area contributed by atoms with Gasteiger partial charge in [0.25, 0.3) is 10.1 Å². The van der Waals surface area contributed by atoms with Gasteiger partial charge < -0.3 is 10.0 Å². The molecule has 0 unspecified atom stereocenters. The molecular formula is C23H22N2O4S3. The SMILES string of the molecule is CN(CCO)c1cc2c(s1)-c1sc(/C=C(\C#N)c3ccc(S(=O)(=O)O)cc3)cc1C2(C)C. The van der Waals surface area contributed by atoms with Crippen molar-refractivity contribution in [2.24, 2.45) is 0 Å². The van der Waals surface area contributed by atoms with Crippen LogP contribution in [0.15, 0.2) is 41.3 Å². The summed E-state index contributed by atoms with van der Waals surface area (Å²) in [6, 6.07) is 12.1. The number of benzene rings is 1. The van der Waals surface area contributed by atoms with E-state index in [0.717, 1.165) is 9.88 Å². The molecule has 0 amide bonds. The molecule has 0 fully saturated rings. The van der Waals surface area contributed by atoms with Gasteiger partial charge in [0, 0.05) is 28.8 Å². The van der Waals surface area contributed by atoms with Crippen LogP contribution in [0.1, 0.15) is 35.4 Å². The predicted octanol–water partition coefficient (Wildman–Crippen LogP) is 4.86. The number of nitrogens with zero attached hydrogens (tertiary/aromatic N) is 2. The Hall–Kier alpha value is -2.48. The Morgan fingerprint density at radius 3 is 2.38 bits per heavy atom. The monoisotopic (exact) mass is 486 g/mol. The summed E-state index contributed by atoms with van der Waals surface area (Å²) < 4.78 is 31.7. The lowest BCUT2D eigenvalue weighted by Gasteiger charge is -2.20. The third-order valence-electron chi connectivity index (χ3n) is 5.70. The molecule has 1 aliphatic rings. The first kappa shape index (κ1) is 22.7. The number of allylic oxidation sites excluding steroid dienone is 1. The molecule has 0 bridgehead atoms. The Morgan fingerprint density at radius 1 is 1.16 bits per heavy atom. The van der Waals surface area contributed by atoms with Gasteiger partial charge >= 0.3 is 0 Å². The molecule has 1 aliphatic carbocycles. The van der Waals surface area contributed by atoms with Crippen molar-refractivity contribution in [3.8, 4) is 15.8 Å². The Morgan fingerprint density at radius 2 is 1.78 bits per heavy atom. The van der Waals surface area contributed by atoms with Crippen molar-refractivity contribution in [1.29, 1.82) is 5.26 Å². The third kappa shape index (κ3) is 3.89. The van der Waals surface area contributed by atoms with Crippen LogP contribution in [0, 0.1) is 11.3 Å². The van der Waals surface area contributed by atoms with E-state index in [1.165, 1.54) is 45.1 Å². The van der Waals surface area contributed by atoms with Crippen molar-refractivity contribution in [2.75, 3.05) is 25.1 Å². The Kier molecular flexibility index (Phi) is 5.77. The zero-order chi connectivity index (χ0) is 23.3.